The second kappa shape index (κ2) is 3.54. The fourth-order valence-electron chi connectivity index (χ4n) is 0.839. The molecule has 0 unspecified atom stereocenters. The van der Waals surface area contributed by atoms with Crippen LogP contribution < -0.4 is 5.32 Å². The van der Waals surface area contributed by atoms with Crippen LogP contribution in [0.3, 0.4) is 0 Å². The van der Waals surface area contributed by atoms with Gasteiger partial charge in [-0.1, -0.05) is 0 Å². The van der Waals surface area contributed by atoms with Crippen LogP contribution in [0.15, 0.2) is 21.2 Å². The van der Waals surface area contributed by atoms with E-state index in [9.17, 15) is 4.79 Å². The maximum absolute atomic E-state index is 11.4. The van der Waals surface area contributed by atoms with E-state index >= 15 is 0 Å². The van der Waals surface area contributed by atoms with E-state index in [1.54, 1.807) is 12.1 Å². The zero-order valence-corrected chi connectivity index (χ0v) is 9.44. The van der Waals surface area contributed by atoms with Gasteiger partial charge in [-0.25, -0.2) is 0 Å². The van der Waals surface area contributed by atoms with Crippen LogP contribution in [-0.2, 0) is 0 Å². The molecule has 0 radical (unpaired) electrons. The van der Waals surface area contributed by atoms with Gasteiger partial charge in [0.25, 0.3) is 5.91 Å². The molecule has 1 amide bonds. The predicted octanol–water partition coefficient (Wildman–Crippen LogP) is 2.57. The van der Waals surface area contributed by atoms with Crippen LogP contribution in [0.5, 0.6) is 0 Å². The SMILES string of the molecule is CC(C)(C)NC(=O)c1ccc(Br)o1. The van der Waals surface area contributed by atoms with Crippen LogP contribution in [0.4, 0.5) is 0 Å². The van der Waals surface area contributed by atoms with Gasteiger partial charge in [0.2, 0.25) is 0 Å². The molecule has 3 nitrogen and oxygen atoms in total. The largest absolute Gasteiger partial charge is 0.444 e. The van der Waals surface area contributed by atoms with Crippen LogP contribution in [-0.4, -0.2) is 11.4 Å². The number of halogens is 1. The molecule has 1 rings (SSSR count). The van der Waals surface area contributed by atoms with Crippen molar-refractivity contribution in [2.24, 2.45) is 0 Å². The summed E-state index contributed by atoms with van der Waals surface area (Å²) in [6, 6.07) is 3.32. The first kappa shape index (κ1) is 10.3. The maximum Gasteiger partial charge on any atom is 0.287 e. The van der Waals surface area contributed by atoms with E-state index < -0.39 is 0 Å². The van der Waals surface area contributed by atoms with Gasteiger partial charge < -0.3 is 9.73 Å². The van der Waals surface area contributed by atoms with Crippen molar-refractivity contribution in [3.05, 3.63) is 22.6 Å². The molecule has 0 aliphatic heterocycles. The second-order valence-corrected chi connectivity index (χ2v) is 4.59. The van der Waals surface area contributed by atoms with E-state index in [-0.39, 0.29) is 11.4 Å². The number of carbonyl (C=O) groups excluding carboxylic acids is 1. The highest BCUT2D eigenvalue weighted by Gasteiger charge is 2.17. The van der Waals surface area contributed by atoms with Gasteiger partial charge in [0.15, 0.2) is 10.4 Å². The van der Waals surface area contributed by atoms with E-state index in [2.05, 4.69) is 21.2 Å². The Morgan fingerprint density at radius 1 is 1.46 bits per heavy atom. The average Bonchev–Trinajstić information content (AvgIpc) is 2.31. The first-order chi connectivity index (χ1) is 5.88. The molecule has 0 atom stereocenters. The third-order valence-corrected chi connectivity index (χ3v) is 1.71. The van der Waals surface area contributed by atoms with Gasteiger partial charge in [-0.05, 0) is 48.8 Å². The monoisotopic (exact) mass is 245 g/mol. The molecule has 1 heterocycles. The summed E-state index contributed by atoms with van der Waals surface area (Å²) < 4.78 is 5.66. The van der Waals surface area contributed by atoms with Crippen molar-refractivity contribution in [3.8, 4) is 0 Å². The van der Waals surface area contributed by atoms with Gasteiger partial charge in [0, 0.05) is 5.54 Å². The molecule has 1 N–H and O–H groups in total. The summed E-state index contributed by atoms with van der Waals surface area (Å²) in [6.07, 6.45) is 0. The van der Waals surface area contributed by atoms with Crippen molar-refractivity contribution in [1.82, 2.24) is 5.32 Å². The van der Waals surface area contributed by atoms with Crippen LogP contribution in [0.2, 0.25) is 0 Å². The highest BCUT2D eigenvalue weighted by atomic mass is 79.9. The van der Waals surface area contributed by atoms with Crippen molar-refractivity contribution >= 4 is 21.8 Å². The van der Waals surface area contributed by atoms with Gasteiger partial charge in [0.05, 0.1) is 0 Å². The Balaban J connectivity index is 2.70. The lowest BCUT2D eigenvalue weighted by atomic mass is 10.1. The van der Waals surface area contributed by atoms with Gasteiger partial charge >= 0.3 is 0 Å². The minimum atomic E-state index is -0.240. The quantitative estimate of drug-likeness (QED) is 0.827. The highest BCUT2D eigenvalue weighted by Crippen LogP contribution is 2.14. The molecule has 0 saturated heterocycles. The van der Waals surface area contributed by atoms with Crippen LogP contribution in [0.1, 0.15) is 31.3 Å². The lowest BCUT2D eigenvalue weighted by molar-refractivity contribution is 0.0890. The summed E-state index contributed by atoms with van der Waals surface area (Å²) in [5.74, 6) is 0.125. The Bertz CT molecular complexity index is 312. The average molecular weight is 246 g/mol. The van der Waals surface area contributed by atoms with Crippen LogP contribution >= 0.6 is 15.9 Å². The molecule has 0 aromatic carbocycles. The van der Waals surface area contributed by atoms with Crippen molar-refractivity contribution in [1.29, 1.82) is 0 Å². The molecule has 1 aromatic rings. The number of hydrogen-bond acceptors (Lipinski definition) is 2. The Morgan fingerprint density at radius 2 is 2.08 bits per heavy atom. The predicted molar refractivity (Wildman–Crippen MR) is 53.6 cm³/mol. The number of carbonyl (C=O) groups is 1. The molecule has 0 aliphatic carbocycles. The van der Waals surface area contributed by atoms with E-state index in [4.69, 9.17) is 4.42 Å². The lowest BCUT2D eigenvalue weighted by Gasteiger charge is -2.19. The van der Waals surface area contributed by atoms with Crippen molar-refractivity contribution in [2.75, 3.05) is 0 Å². The maximum atomic E-state index is 11.4. The molecule has 13 heavy (non-hydrogen) atoms. The minimum Gasteiger partial charge on any atom is -0.444 e. The molecule has 4 heteroatoms. The lowest BCUT2D eigenvalue weighted by Crippen LogP contribution is -2.40. The molecule has 1 aromatic heterocycles. The second-order valence-electron chi connectivity index (χ2n) is 3.81. The van der Waals surface area contributed by atoms with Gasteiger partial charge in [0.1, 0.15) is 0 Å². The Morgan fingerprint density at radius 3 is 2.46 bits per heavy atom. The summed E-state index contributed by atoms with van der Waals surface area (Å²) in [6.45, 7) is 5.76. The van der Waals surface area contributed by atoms with E-state index in [1.165, 1.54) is 0 Å². The van der Waals surface area contributed by atoms with Crippen LogP contribution in [0, 0.1) is 0 Å². The molecular weight excluding hydrogens is 234 g/mol. The Hall–Kier alpha value is -0.770. The number of rotatable bonds is 1. The van der Waals surface area contributed by atoms with Crippen molar-refractivity contribution in [3.63, 3.8) is 0 Å². The number of amides is 1. The summed E-state index contributed by atoms with van der Waals surface area (Å²) in [5, 5.41) is 2.80. The molecule has 0 bridgehead atoms. The normalized spacial score (nSPS) is 11.4. The van der Waals surface area contributed by atoms with Crippen LogP contribution in [0.25, 0.3) is 0 Å². The fraction of sp³-hybridized carbons (Fsp3) is 0.444. The first-order valence-electron chi connectivity index (χ1n) is 3.96. The van der Waals surface area contributed by atoms with E-state index in [1.807, 2.05) is 20.8 Å². The minimum absolute atomic E-state index is 0.196. The third-order valence-electron chi connectivity index (χ3n) is 1.29. The number of nitrogens with one attached hydrogen (secondary N) is 1. The fourth-order valence-corrected chi connectivity index (χ4v) is 1.15. The topological polar surface area (TPSA) is 42.2 Å². The Kier molecular flexibility index (Phi) is 2.81. The van der Waals surface area contributed by atoms with Gasteiger partial charge in [-0.15, -0.1) is 0 Å². The third kappa shape index (κ3) is 3.22. The highest BCUT2D eigenvalue weighted by molar-refractivity contribution is 9.10. The zero-order valence-electron chi connectivity index (χ0n) is 7.85. The standard InChI is InChI=1S/C9H12BrNO2/c1-9(2,3)11-8(12)6-4-5-7(10)13-6/h4-5H,1-3H3,(H,11,12). The molecule has 0 saturated carbocycles. The summed E-state index contributed by atoms with van der Waals surface area (Å²) >= 11 is 3.13. The molecular formula is C9H12BrNO2. The van der Waals surface area contributed by atoms with Crippen molar-refractivity contribution < 1.29 is 9.21 Å². The van der Waals surface area contributed by atoms with E-state index in [0.717, 1.165) is 0 Å². The first-order valence-corrected chi connectivity index (χ1v) is 4.76. The number of furan rings is 1. The summed E-state index contributed by atoms with van der Waals surface area (Å²) in [4.78, 5) is 11.4. The molecule has 72 valence electrons. The number of hydrogen-bond donors (Lipinski definition) is 1. The van der Waals surface area contributed by atoms with Gasteiger partial charge in [-0.2, -0.15) is 0 Å². The van der Waals surface area contributed by atoms with E-state index in [0.29, 0.717) is 10.4 Å². The summed E-state index contributed by atoms with van der Waals surface area (Å²) in [5.41, 5.74) is -0.240. The molecule has 0 spiro atoms. The molecule has 0 aliphatic rings. The summed E-state index contributed by atoms with van der Waals surface area (Å²) in [7, 11) is 0. The smallest absolute Gasteiger partial charge is 0.287 e. The molecule has 0 fully saturated rings. The van der Waals surface area contributed by atoms with Gasteiger partial charge in [-0.3, -0.25) is 4.79 Å². The Labute approximate surface area is 85.6 Å². The zero-order chi connectivity index (χ0) is 10.1. The van der Waals surface area contributed by atoms with Crippen molar-refractivity contribution in [2.45, 2.75) is 26.3 Å².